The van der Waals surface area contributed by atoms with Crippen molar-refractivity contribution in [3.8, 4) is 0 Å². The summed E-state index contributed by atoms with van der Waals surface area (Å²) in [7, 11) is 1.60. The van der Waals surface area contributed by atoms with Gasteiger partial charge in [0.15, 0.2) is 0 Å². The average molecular weight is 289 g/mol. The quantitative estimate of drug-likeness (QED) is 0.525. The van der Waals surface area contributed by atoms with Crippen LogP contribution in [0.1, 0.15) is 6.42 Å². The van der Waals surface area contributed by atoms with Crippen LogP contribution < -0.4 is 0 Å². The molecule has 1 aliphatic rings. The second kappa shape index (κ2) is 3.40. The first kappa shape index (κ1) is 10.7. The third kappa shape index (κ3) is 2.30. The van der Waals surface area contributed by atoms with E-state index in [1.807, 2.05) is 0 Å². The van der Waals surface area contributed by atoms with Gasteiger partial charge >= 0.3 is 81.8 Å². The van der Waals surface area contributed by atoms with Crippen LogP contribution in [0.4, 0.5) is 0 Å². The molecular weight excluding hydrogens is 275 g/mol. The maximum absolute atomic E-state index is 11.5. The molecule has 0 aromatic rings. The molecule has 0 bridgehead atoms. The number of hydrazone groups is 1. The standard InChI is InChI=1S/C5H5N2O2.3CH3.Sn/c1-7-5(9)2-4(8)3-6-7;;;;/h2H2,1H3;3*1H3;. The van der Waals surface area contributed by atoms with Crippen LogP contribution in [0.2, 0.25) is 14.8 Å². The average Bonchev–Trinajstić information content (AvgIpc) is 1.94. The van der Waals surface area contributed by atoms with Crippen molar-refractivity contribution in [2.75, 3.05) is 7.05 Å². The van der Waals surface area contributed by atoms with Gasteiger partial charge in [-0.05, 0) is 0 Å². The molecule has 1 aliphatic heterocycles. The van der Waals surface area contributed by atoms with E-state index in [1.54, 1.807) is 7.05 Å². The zero-order valence-electron chi connectivity index (χ0n) is 8.42. The van der Waals surface area contributed by atoms with E-state index in [4.69, 9.17) is 0 Å². The predicted octanol–water partition coefficient (Wildman–Crippen LogP) is 0.651. The molecule has 1 amide bonds. The van der Waals surface area contributed by atoms with Crippen LogP contribution in [0.15, 0.2) is 5.10 Å². The van der Waals surface area contributed by atoms with Gasteiger partial charge in [-0.2, -0.15) is 0 Å². The van der Waals surface area contributed by atoms with E-state index in [0.29, 0.717) is 3.73 Å². The summed E-state index contributed by atoms with van der Waals surface area (Å²) in [5, 5.41) is 5.35. The van der Waals surface area contributed by atoms with E-state index in [2.05, 4.69) is 19.9 Å². The monoisotopic (exact) mass is 290 g/mol. The van der Waals surface area contributed by atoms with E-state index in [-0.39, 0.29) is 18.1 Å². The fourth-order valence-electron chi connectivity index (χ4n) is 1.17. The molecule has 5 heteroatoms. The molecule has 1 heterocycles. The molecule has 0 aromatic carbocycles. The molecular formula is C8H14N2O2Sn. The Morgan fingerprint density at radius 2 is 1.85 bits per heavy atom. The minimum atomic E-state index is -2.40. The van der Waals surface area contributed by atoms with Gasteiger partial charge in [0.1, 0.15) is 0 Å². The molecule has 0 spiro atoms. The topological polar surface area (TPSA) is 49.7 Å². The van der Waals surface area contributed by atoms with E-state index in [0.717, 1.165) is 0 Å². The van der Waals surface area contributed by atoms with Gasteiger partial charge in [0.25, 0.3) is 0 Å². The van der Waals surface area contributed by atoms with Gasteiger partial charge in [0.2, 0.25) is 0 Å². The van der Waals surface area contributed by atoms with Gasteiger partial charge in [-0.25, -0.2) is 0 Å². The Bertz CT molecular complexity index is 291. The van der Waals surface area contributed by atoms with Crippen LogP contribution in [-0.2, 0) is 9.59 Å². The third-order valence-electron chi connectivity index (χ3n) is 1.90. The summed E-state index contributed by atoms with van der Waals surface area (Å²) in [6, 6.07) is 0. The number of Topliss-reactive ketones (excluding diaryl/α,β-unsaturated/α-hetero) is 1. The Hall–Kier alpha value is -0.391. The molecule has 4 nitrogen and oxygen atoms in total. The van der Waals surface area contributed by atoms with Gasteiger partial charge in [-0.15, -0.1) is 0 Å². The maximum atomic E-state index is 11.5. The van der Waals surface area contributed by atoms with Gasteiger partial charge < -0.3 is 0 Å². The summed E-state index contributed by atoms with van der Waals surface area (Å²) >= 11 is -2.40. The fourth-order valence-corrected chi connectivity index (χ4v) is 5.09. The molecule has 0 fully saturated rings. The normalized spacial score (nSPS) is 19.1. The number of amides is 1. The van der Waals surface area contributed by atoms with Crippen molar-refractivity contribution in [2.24, 2.45) is 5.10 Å². The molecule has 0 aliphatic carbocycles. The summed E-state index contributed by atoms with van der Waals surface area (Å²) < 4.78 is 0.691. The number of hydrogen-bond acceptors (Lipinski definition) is 3. The van der Waals surface area contributed by atoms with Gasteiger partial charge in [-0.1, -0.05) is 0 Å². The second-order valence-corrected chi connectivity index (χ2v) is 18.4. The first-order chi connectivity index (χ1) is 5.82. The van der Waals surface area contributed by atoms with Crippen LogP contribution >= 0.6 is 0 Å². The number of carbonyl (C=O) groups is 2. The number of rotatable bonds is 1. The summed E-state index contributed by atoms with van der Waals surface area (Å²) in [6.07, 6.45) is 0.00350. The fraction of sp³-hybridized carbons (Fsp3) is 0.625. The van der Waals surface area contributed by atoms with Gasteiger partial charge in [0.05, 0.1) is 0 Å². The first-order valence-corrected chi connectivity index (χ1v) is 14.2. The second-order valence-electron chi connectivity index (χ2n) is 4.22. The van der Waals surface area contributed by atoms with Crippen molar-refractivity contribution in [3.63, 3.8) is 0 Å². The van der Waals surface area contributed by atoms with E-state index < -0.39 is 18.4 Å². The summed E-state index contributed by atoms with van der Waals surface area (Å²) in [5.41, 5.74) is 0. The van der Waals surface area contributed by atoms with E-state index in [9.17, 15) is 9.59 Å². The SMILES string of the molecule is CN1N=[C]([Sn]([CH3])([CH3])[CH3])C(=O)CC1=O. The number of ketones is 1. The number of carbonyl (C=O) groups excluding carboxylic acids is 2. The number of nitrogens with zero attached hydrogens (tertiary/aromatic N) is 2. The Kier molecular flexibility index (Phi) is 2.79. The van der Waals surface area contributed by atoms with Crippen molar-refractivity contribution in [1.29, 1.82) is 0 Å². The van der Waals surface area contributed by atoms with Gasteiger partial charge in [0, 0.05) is 0 Å². The third-order valence-corrected chi connectivity index (χ3v) is 7.03. The Morgan fingerprint density at radius 1 is 1.31 bits per heavy atom. The zero-order valence-corrected chi connectivity index (χ0v) is 11.3. The van der Waals surface area contributed by atoms with E-state index >= 15 is 0 Å². The van der Waals surface area contributed by atoms with Crippen molar-refractivity contribution in [3.05, 3.63) is 0 Å². The summed E-state index contributed by atoms with van der Waals surface area (Å²) in [4.78, 5) is 28.9. The molecule has 0 saturated heterocycles. The van der Waals surface area contributed by atoms with Crippen molar-refractivity contribution in [2.45, 2.75) is 21.2 Å². The van der Waals surface area contributed by atoms with Crippen molar-refractivity contribution >= 4 is 33.8 Å². The van der Waals surface area contributed by atoms with Crippen molar-refractivity contribution < 1.29 is 9.59 Å². The Morgan fingerprint density at radius 3 is 2.31 bits per heavy atom. The Labute approximate surface area is 81.9 Å². The van der Waals surface area contributed by atoms with Crippen LogP contribution in [-0.4, -0.2) is 45.9 Å². The first-order valence-electron chi connectivity index (χ1n) is 4.21. The molecule has 0 radical (unpaired) electrons. The zero-order chi connectivity index (χ0) is 10.2. The minimum absolute atomic E-state index is 0.00350. The molecule has 0 unspecified atom stereocenters. The molecule has 13 heavy (non-hydrogen) atoms. The Balaban J connectivity index is 3.04. The van der Waals surface area contributed by atoms with Crippen LogP contribution in [0, 0.1) is 0 Å². The summed E-state index contributed by atoms with van der Waals surface area (Å²) in [6.45, 7) is 0. The molecule has 0 N–H and O–H groups in total. The van der Waals surface area contributed by atoms with E-state index in [1.165, 1.54) is 5.01 Å². The molecule has 0 aromatic heterocycles. The van der Waals surface area contributed by atoms with Crippen LogP contribution in [0.25, 0.3) is 0 Å². The van der Waals surface area contributed by atoms with Gasteiger partial charge in [-0.3, -0.25) is 0 Å². The summed E-state index contributed by atoms with van der Waals surface area (Å²) in [5.74, 6) is -0.268. The van der Waals surface area contributed by atoms with Crippen molar-refractivity contribution in [1.82, 2.24) is 5.01 Å². The predicted molar refractivity (Wildman–Crippen MR) is 53.2 cm³/mol. The molecule has 72 valence electrons. The molecule has 0 atom stereocenters. The molecule has 1 rings (SSSR count). The van der Waals surface area contributed by atoms with Crippen LogP contribution in [0.3, 0.4) is 0 Å². The number of hydrogen-bond donors (Lipinski definition) is 0. The van der Waals surface area contributed by atoms with Crippen LogP contribution in [0.5, 0.6) is 0 Å². The molecule has 0 saturated carbocycles.